The zero-order chi connectivity index (χ0) is 16.4. The summed E-state index contributed by atoms with van der Waals surface area (Å²) in [6.07, 6.45) is 5.78. The Labute approximate surface area is 137 Å². The summed E-state index contributed by atoms with van der Waals surface area (Å²) in [4.78, 5) is 20.5. The first-order chi connectivity index (χ1) is 11.0. The van der Waals surface area contributed by atoms with Crippen LogP contribution >= 0.6 is 0 Å². The monoisotopic (exact) mass is 312 g/mol. The lowest BCUT2D eigenvalue weighted by molar-refractivity contribution is 0.202. The van der Waals surface area contributed by atoms with Crippen LogP contribution in [0.2, 0.25) is 0 Å². The summed E-state index contributed by atoms with van der Waals surface area (Å²) in [6, 6.07) is 2.76. The molecule has 1 saturated heterocycles. The van der Waals surface area contributed by atoms with Crippen molar-refractivity contribution < 1.29 is 0 Å². The maximum Gasteiger partial charge on any atom is 0.228 e. The number of aryl methyl sites for hydroxylation is 2. The second-order valence-corrected chi connectivity index (χ2v) is 6.38. The van der Waals surface area contributed by atoms with Gasteiger partial charge in [0.05, 0.1) is 6.04 Å². The Morgan fingerprint density at radius 1 is 1.13 bits per heavy atom. The van der Waals surface area contributed by atoms with Crippen molar-refractivity contribution in [1.82, 2.24) is 24.8 Å². The highest BCUT2D eigenvalue weighted by molar-refractivity contribution is 5.52. The van der Waals surface area contributed by atoms with Crippen LogP contribution in [0, 0.1) is 13.8 Å². The third-order valence-electron chi connectivity index (χ3n) is 4.21. The Bertz CT molecular complexity index is 664. The Morgan fingerprint density at radius 3 is 2.52 bits per heavy atom. The van der Waals surface area contributed by atoms with E-state index in [4.69, 9.17) is 0 Å². The van der Waals surface area contributed by atoms with Gasteiger partial charge in [-0.25, -0.2) is 15.0 Å². The van der Waals surface area contributed by atoms with Gasteiger partial charge in [0.1, 0.15) is 5.69 Å². The number of aromatic nitrogens is 4. The van der Waals surface area contributed by atoms with Crippen LogP contribution in [0.15, 0.2) is 18.5 Å². The number of anilines is 2. The van der Waals surface area contributed by atoms with E-state index in [2.05, 4.69) is 44.0 Å². The van der Waals surface area contributed by atoms with Crippen molar-refractivity contribution in [2.75, 3.05) is 11.9 Å². The van der Waals surface area contributed by atoms with Gasteiger partial charge in [-0.2, -0.15) is 0 Å². The molecule has 0 aliphatic carbocycles. The highest BCUT2D eigenvalue weighted by Crippen LogP contribution is 2.35. The van der Waals surface area contributed by atoms with Crippen LogP contribution in [0.3, 0.4) is 0 Å². The molecule has 122 valence electrons. The molecule has 6 heteroatoms. The Morgan fingerprint density at radius 2 is 1.83 bits per heavy atom. The normalized spacial score (nSPS) is 18.6. The summed E-state index contributed by atoms with van der Waals surface area (Å²) in [5.41, 5.74) is 2.87. The van der Waals surface area contributed by atoms with Crippen molar-refractivity contribution in [1.29, 1.82) is 0 Å². The van der Waals surface area contributed by atoms with E-state index in [0.717, 1.165) is 35.9 Å². The van der Waals surface area contributed by atoms with Crippen molar-refractivity contribution in [3.63, 3.8) is 0 Å². The van der Waals surface area contributed by atoms with E-state index in [9.17, 15) is 0 Å². The molecule has 1 N–H and O–H groups in total. The van der Waals surface area contributed by atoms with Crippen molar-refractivity contribution in [3.8, 4) is 0 Å². The molecular formula is C17H24N6. The highest BCUT2D eigenvalue weighted by Gasteiger charge is 2.31. The first-order valence-electron chi connectivity index (χ1n) is 8.20. The van der Waals surface area contributed by atoms with E-state index < -0.39 is 0 Å². The molecule has 2 aromatic heterocycles. The van der Waals surface area contributed by atoms with Crippen LogP contribution in [-0.2, 0) is 0 Å². The minimum absolute atomic E-state index is 0.303. The smallest absolute Gasteiger partial charge is 0.228 e. The van der Waals surface area contributed by atoms with E-state index in [1.54, 1.807) is 12.4 Å². The molecule has 0 bridgehead atoms. The highest BCUT2D eigenvalue weighted by atomic mass is 15.2. The van der Waals surface area contributed by atoms with Gasteiger partial charge >= 0.3 is 0 Å². The first-order valence-corrected chi connectivity index (χ1v) is 8.20. The molecule has 2 aromatic rings. The number of likely N-dealkylation sites (tertiary alicyclic amines) is 1. The molecule has 23 heavy (non-hydrogen) atoms. The molecule has 1 aliphatic heterocycles. The van der Waals surface area contributed by atoms with Crippen LogP contribution in [0.5, 0.6) is 0 Å². The van der Waals surface area contributed by atoms with E-state index >= 15 is 0 Å². The average Bonchev–Trinajstić information content (AvgIpc) is 2.96. The van der Waals surface area contributed by atoms with Gasteiger partial charge in [0.15, 0.2) is 5.82 Å². The lowest BCUT2D eigenvalue weighted by Gasteiger charge is -2.28. The number of nitrogens with one attached hydrogen (secondary N) is 1. The van der Waals surface area contributed by atoms with Gasteiger partial charge in [-0.3, -0.25) is 9.88 Å². The van der Waals surface area contributed by atoms with Gasteiger partial charge in [0.2, 0.25) is 5.95 Å². The topological polar surface area (TPSA) is 66.8 Å². The van der Waals surface area contributed by atoms with Gasteiger partial charge < -0.3 is 5.32 Å². The summed E-state index contributed by atoms with van der Waals surface area (Å²) < 4.78 is 0. The average molecular weight is 312 g/mol. The third kappa shape index (κ3) is 3.47. The molecule has 3 rings (SSSR count). The zero-order valence-corrected chi connectivity index (χ0v) is 14.2. The summed E-state index contributed by atoms with van der Waals surface area (Å²) in [5.74, 6) is 1.34. The molecule has 0 saturated carbocycles. The first kappa shape index (κ1) is 15.8. The maximum atomic E-state index is 4.61. The van der Waals surface area contributed by atoms with Crippen molar-refractivity contribution >= 4 is 11.8 Å². The van der Waals surface area contributed by atoms with Crippen molar-refractivity contribution in [2.24, 2.45) is 0 Å². The maximum absolute atomic E-state index is 4.61. The number of hydrogen-bond donors (Lipinski definition) is 1. The number of nitrogens with zero attached hydrogens (tertiary/aromatic N) is 5. The second kappa shape index (κ2) is 6.58. The fourth-order valence-corrected chi connectivity index (χ4v) is 3.28. The summed E-state index contributed by atoms with van der Waals surface area (Å²) >= 11 is 0. The van der Waals surface area contributed by atoms with Gasteiger partial charge in [0, 0.05) is 29.8 Å². The lowest BCUT2D eigenvalue weighted by atomic mass is 10.1. The van der Waals surface area contributed by atoms with Crippen LogP contribution in [0.4, 0.5) is 11.8 Å². The van der Waals surface area contributed by atoms with Gasteiger partial charge in [-0.05, 0) is 53.1 Å². The zero-order valence-electron chi connectivity index (χ0n) is 14.2. The SMILES string of the molecule is Cc1cc(C)nc(Nc2nccnc2C2CCCN2C(C)C)n1. The third-order valence-corrected chi connectivity index (χ3v) is 4.21. The quantitative estimate of drug-likeness (QED) is 0.935. The van der Waals surface area contributed by atoms with E-state index in [-0.39, 0.29) is 0 Å². The molecule has 6 nitrogen and oxygen atoms in total. The van der Waals surface area contributed by atoms with Crippen LogP contribution < -0.4 is 5.32 Å². The predicted octanol–water partition coefficient (Wildman–Crippen LogP) is 3.17. The summed E-state index contributed by atoms with van der Waals surface area (Å²) in [6.45, 7) is 9.51. The summed E-state index contributed by atoms with van der Waals surface area (Å²) in [5, 5.41) is 3.27. The minimum atomic E-state index is 0.303. The van der Waals surface area contributed by atoms with Crippen LogP contribution in [-0.4, -0.2) is 37.4 Å². The molecular weight excluding hydrogens is 288 g/mol. The molecule has 1 aliphatic rings. The van der Waals surface area contributed by atoms with Gasteiger partial charge in [-0.1, -0.05) is 0 Å². The second-order valence-electron chi connectivity index (χ2n) is 6.38. The van der Waals surface area contributed by atoms with Gasteiger partial charge in [-0.15, -0.1) is 0 Å². The molecule has 1 atom stereocenters. The molecule has 1 unspecified atom stereocenters. The molecule has 0 spiro atoms. The number of rotatable bonds is 4. The fraction of sp³-hybridized carbons (Fsp3) is 0.529. The lowest BCUT2D eigenvalue weighted by Crippen LogP contribution is -2.31. The Hall–Kier alpha value is -2.08. The van der Waals surface area contributed by atoms with Crippen LogP contribution in [0.25, 0.3) is 0 Å². The molecule has 0 amide bonds. The number of hydrogen-bond acceptors (Lipinski definition) is 6. The molecule has 3 heterocycles. The standard InChI is InChI=1S/C17H24N6/c1-11(2)23-9-5-6-14(23)15-16(19-8-7-18-15)22-17-20-12(3)10-13(4)21-17/h7-8,10-11,14H,5-6,9H2,1-4H3,(H,19,20,21,22). The van der Waals surface area contributed by atoms with Crippen molar-refractivity contribution in [2.45, 2.75) is 52.6 Å². The van der Waals surface area contributed by atoms with Crippen molar-refractivity contribution in [3.05, 3.63) is 35.5 Å². The van der Waals surface area contributed by atoms with E-state index in [1.165, 1.54) is 6.42 Å². The minimum Gasteiger partial charge on any atom is -0.307 e. The van der Waals surface area contributed by atoms with Crippen LogP contribution in [0.1, 0.15) is 49.8 Å². The Kier molecular flexibility index (Phi) is 4.52. The molecule has 1 fully saturated rings. The Balaban J connectivity index is 1.92. The fourth-order valence-electron chi connectivity index (χ4n) is 3.28. The molecule has 0 radical (unpaired) electrons. The van der Waals surface area contributed by atoms with E-state index in [0.29, 0.717) is 18.0 Å². The van der Waals surface area contributed by atoms with E-state index in [1.807, 2.05) is 19.9 Å². The molecule has 0 aromatic carbocycles. The summed E-state index contributed by atoms with van der Waals surface area (Å²) in [7, 11) is 0. The van der Waals surface area contributed by atoms with Gasteiger partial charge in [0.25, 0.3) is 0 Å². The predicted molar refractivity (Wildman–Crippen MR) is 90.6 cm³/mol. The largest absolute Gasteiger partial charge is 0.307 e.